The molecule has 0 bridgehead atoms. The quantitative estimate of drug-likeness (QED) is 0.808. The molecule has 86 valence electrons. The van der Waals surface area contributed by atoms with Gasteiger partial charge in [0.05, 0.1) is 5.69 Å². The number of aromatic nitrogens is 2. The largest absolute Gasteiger partial charge is 0.435 e. The molecule has 0 saturated carbocycles. The number of hydrogen-bond donors (Lipinski definition) is 0. The van der Waals surface area contributed by atoms with Gasteiger partial charge in [0.15, 0.2) is 10.4 Å². The van der Waals surface area contributed by atoms with E-state index in [-0.39, 0.29) is 16.5 Å². The second kappa shape index (κ2) is 4.15. The summed E-state index contributed by atoms with van der Waals surface area (Å²) in [5.74, 6) is 0. The van der Waals surface area contributed by atoms with Gasteiger partial charge in [-0.05, 0) is 36.2 Å². The summed E-state index contributed by atoms with van der Waals surface area (Å²) in [7, 11) is 0. The molecule has 2 nitrogen and oxygen atoms in total. The van der Waals surface area contributed by atoms with Gasteiger partial charge in [-0.1, -0.05) is 6.92 Å². The Bertz CT molecular complexity index is 355. The van der Waals surface area contributed by atoms with E-state index in [1.165, 1.54) is 0 Å². The van der Waals surface area contributed by atoms with Crippen LogP contribution in [-0.4, -0.2) is 9.55 Å². The van der Waals surface area contributed by atoms with Crippen molar-refractivity contribution < 1.29 is 13.2 Å². The summed E-state index contributed by atoms with van der Waals surface area (Å²) in [5, 5.41) is 0. The summed E-state index contributed by atoms with van der Waals surface area (Å²) in [4.78, 5) is 3.53. The molecule has 1 aromatic heterocycles. The van der Waals surface area contributed by atoms with Crippen molar-refractivity contribution in [2.75, 3.05) is 0 Å². The molecule has 0 saturated heterocycles. The Morgan fingerprint density at radius 2 is 1.93 bits per heavy atom. The summed E-state index contributed by atoms with van der Waals surface area (Å²) in [6.45, 7) is 5.34. The zero-order chi connectivity index (χ0) is 11.8. The van der Waals surface area contributed by atoms with Gasteiger partial charge < -0.3 is 4.57 Å². The van der Waals surface area contributed by atoms with Crippen LogP contribution in [0.4, 0.5) is 13.2 Å². The van der Waals surface area contributed by atoms with Gasteiger partial charge in [0.25, 0.3) is 0 Å². The van der Waals surface area contributed by atoms with Gasteiger partial charge in [0.2, 0.25) is 0 Å². The molecular formula is C9H12BrF3N2. The Morgan fingerprint density at radius 1 is 1.40 bits per heavy atom. The molecule has 0 spiro atoms. The fourth-order valence-corrected chi connectivity index (χ4v) is 2.33. The van der Waals surface area contributed by atoms with Crippen molar-refractivity contribution in [2.45, 2.75) is 39.4 Å². The van der Waals surface area contributed by atoms with Crippen LogP contribution in [0.2, 0.25) is 0 Å². The van der Waals surface area contributed by atoms with Crippen LogP contribution in [0.25, 0.3) is 0 Å². The third-order valence-corrected chi connectivity index (χ3v) is 2.65. The van der Waals surface area contributed by atoms with E-state index in [4.69, 9.17) is 0 Å². The smallest absolute Gasteiger partial charge is 0.320 e. The van der Waals surface area contributed by atoms with Crippen molar-refractivity contribution in [1.29, 1.82) is 0 Å². The van der Waals surface area contributed by atoms with Gasteiger partial charge in [0.1, 0.15) is 0 Å². The minimum absolute atomic E-state index is 0.0436. The molecule has 0 unspecified atom stereocenters. The van der Waals surface area contributed by atoms with E-state index in [1.807, 2.05) is 13.8 Å². The minimum Gasteiger partial charge on any atom is -0.320 e. The molecule has 0 N–H and O–H groups in total. The van der Waals surface area contributed by atoms with Gasteiger partial charge in [-0.2, -0.15) is 13.2 Å². The Balaban J connectivity index is 3.38. The SMILES string of the molecule is CCc1c(C(F)(F)F)nc(Br)n1C(C)C. The summed E-state index contributed by atoms with van der Waals surface area (Å²) in [5.41, 5.74) is -0.560. The number of imidazole rings is 1. The van der Waals surface area contributed by atoms with Crippen LogP contribution >= 0.6 is 15.9 Å². The monoisotopic (exact) mass is 284 g/mol. The summed E-state index contributed by atoms with van der Waals surface area (Å²) >= 11 is 3.05. The number of halogens is 4. The molecular weight excluding hydrogens is 273 g/mol. The second-order valence-corrected chi connectivity index (χ2v) is 4.20. The van der Waals surface area contributed by atoms with Crippen molar-refractivity contribution >= 4 is 15.9 Å². The van der Waals surface area contributed by atoms with Gasteiger partial charge in [-0.3, -0.25) is 0 Å². The molecule has 15 heavy (non-hydrogen) atoms. The first-order valence-corrected chi connectivity index (χ1v) is 5.42. The maximum atomic E-state index is 12.6. The average molecular weight is 285 g/mol. The molecule has 0 aromatic carbocycles. The van der Waals surface area contributed by atoms with Crippen LogP contribution in [0.1, 0.15) is 38.2 Å². The predicted octanol–water partition coefficient (Wildman–Crippen LogP) is 3.81. The highest BCUT2D eigenvalue weighted by Crippen LogP contribution is 2.34. The highest BCUT2D eigenvalue weighted by atomic mass is 79.9. The van der Waals surface area contributed by atoms with Crippen LogP contribution in [0.15, 0.2) is 4.73 Å². The van der Waals surface area contributed by atoms with Crippen LogP contribution in [0.5, 0.6) is 0 Å². The first-order chi connectivity index (χ1) is 6.79. The maximum Gasteiger partial charge on any atom is 0.435 e. The fraction of sp³-hybridized carbons (Fsp3) is 0.667. The van der Waals surface area contributed by atoms with Crippen molar-refractivity contribution in [3.63, 3.8) is 0 Å². The summed E-state index contributed by atoms with van der Waals surface area (Å²) in [6, 6.07) is -0.0436. The summed E-state index contributed by atoms with van der Waals surface area (Å²) < 4.78 is 39.6. The molecule has 1 heterocycles. The average Bonchev–Trinajstić information content (AvgIpc) is 2.41. The van der Waals surface area contributed by atoms with Crippen molar-refractivity contribution in [2.24, 2.45) is 0 Å². The van der Waals surface area contributed by atoms with Gasteiger partial charge in [0, 0.05) is 6.04 Å². The van der Waals surface area contributed by atoms with Crippen molar-refractivity contribution in [1.82, 2.24) is 9.55 Å². The van der Waals surface area contributed by atoms with E-state index in [2.05, 4.69) is 20.9 Å². The molecule has 6 heteroatoms. The normalized spacial score (nSPS) is 12.5. The minimum atomic E-state index is -4.38. The van der Waals surface area contributed by atoms with Gasteiger partial charge >= 0.3 is 6.18 Å². The number of rotatable bonds is 2. The molecule has 0 amide bonds. The van der Waals surface area contributed by atoms with E-state index in [0.717, 1.165) is 0 Å². The molecule has 0 radical (unpaired) electrons. The zero-order valence-electron chi connectivity index (χ0n) is 8.69. The topological polar surface area (TPSA) is 17.8 Å². The summed E-state index contributed by atoms with van der Waals surface area (Å²) in [6.07, 6.45) is -4.07. The van der Waals surface area contributed by atoms with E-state index >= 15 is 0 Å². The lowest BCUT2D eigenvalue weighted by molar-refractivity contribution is -0.141. The molecule has 0 aliphatic rings. The molecule has 0 aliphatic heterocycles. The van der Waals surface area contributed by atoms with E-state index in [1.54, 1.807) is 11.5 Å². The Labute approximate surface area is 94.6 Å². The van der Waals surface area contributed by atoms with Crippen LogP contribution in [0.3, 0.4) is 0 Å². The van der Waals surface area contributed by atoms with Crippen LogP contribution in [0, 0.1) is 0 Å². The third kappa shape index (κ3) is 2.35. The third-order valence-electron chi connectivity index (χ3n) is 2.09. The standard InChI is InChI=1S/C9H12BrF3N2/c1-4-6-7(9(11,12)13)14-8(10)15(6)5(2)3/h5H,4H2,1-3H3. The van der Waals surface area contributed by atoms with Gasteiger partial charge in [-0.15, -0.1) is 0 Å². The zero-order valence-corrected chi connectivity index (χ0v) is 10.3. The number of alkyl halides is 3. The van der Waals surface area contributed by atoms with Crippen LogP contribution < -0.4 is 0 Å². The second-order valence-electron chi connectivity index (χ2n) is 3.49. The van der Waals surface area contributed by atoms with E-state index in [9.17, 15) is 13.2 Å². The molecule has 0 aliphatic carbocycles. The molecule has 1 rings (SSSR count). The van der Waals surface area contributed by atoms with Crippen molar-refractivity contribution in [3.8, 4) is 0 Å². The Hall–Kier alpha value is -0.520. The van der Waals surface area contributed by atoms with Crippen molar-refractivity contribution in [3.05, 3.63) is 16.1 Å². The molecule has 0 fully saturated rings. The number of hydrogen-bond acceptors (Lipinski definition) is 1. The Kier molecular flexibility index (Phi) is 3.48. The lowest BCUT2D eigenvalue weighted by Crippen LogP contribution is -2.12. The first kappa shape index (κ1) is 12.5. The van der Waals surface area contributed by atoms with E-state index in [0.29, 0.717) is 6.42 Å². The fourth-order valence-electron chi connectivity index (χ4n) is 1.53. The molecule has 0 atom stereocenters. The van der Waals surface area contributed by atoms with Gasteiger partial charge in [-0.25, -0.2) is 4.98 Å². The maximum absolute atomic E-state index is 12.6. The molecule has 1 aromatic rings. The predicted molar refractivity (Wildman–Crippen MR) is 54.7 cm³/mol. The Morgan fingerprint density at radius 3 is 2.27 bits per heavy atom. The lowest BCUT2D eigenvalue weighted by Gasteiger charge is -2.13. The first-order valence-electron chi connectivity index (χ1n) is 4.62. The highest BCUT2D eigenvalue weighted by Gasteiger charge is 2.38. The number of nitrogens with zero attached hydrogens (tertiary/aromatic N) is 2. The lowest BCUT2D eigenvalue weighted by atomic mass is 10.2. The highest BCUT2D eigenvalue weighted by molar-refractivity contribution is 9.10. The van der Waals surface area contributed by atoms with E-state index < -0.39 is 11.9 Å². The van der Waals surface area contributed by atoms with Crippen LogP contribution in [-0.2, 0) is 12.6 Å².